The van der Waals surface area contributed by atoms with Crippen molar-refractivity contribution in [2.45, 2.75) is 26.2 Å². The molecule has 0 radical (unpaired) electrons. The van der Waals surface area contributed by atoms with Gasteiger partial charge in [-0.25, -0.2) is 4.39 Å². The maximum atomic E-state index is 12.9. The lowest BCUT2D eigenvalue weighted by atomic mass is 10.1. The van der Waals surface area contributed by atoms with Gasteiger partial charge in [-0.15, -0.1) is 0 Å². The van der Waals surface area contributed by atoms with Gasteiger partial charge in [0, 0.05) is 18.4 Å². The average molecular weight is 412 g/mol. The third-order valence-electron chi connectivity index (χ3n) is 4.08. The Morgan fingerprint density at radius 2 is 1.73 bits per heavy atom. The van der Waals surface area contributed by atoms with Gasteiger partial charge < -0.3 is 9.26 Å². The Morgan fingerprint density at radius 1 is 1.03 bits per heavy atom. The largest absolute Gasteiger partial charge is 0.494 e. The van der Waals surface area contributed by atoms with Crippen LogP contribution in [0.25, 0.3) is 11.4 Å². The summed E-state index contributed by atoms with van der Waals surface area (Å²) in [7, 11) is 0. The summed E-state index contributed by atoms with van der Waals surface area (Å²) in [5, 5.41) is 3.91. The highest BCUT2D eigenvalue weighted by molar-refractivity contribution is 5.83. The number of rotatable bonds is 8. The highest BCUT2D eigenvalue weighted by Gasteiger charge is 2.12. The van der Waals surface area contributed by atoms with Crippen LogP contribution >= 0.6 is 0 Å². The Hall–Kier alpha value is -3.75. The number of hydrogen-bond acceptors (Lipinski definition) is 6. The lowest BCUT2D eigenvalue weighted by Crippen LogP contribution is -2.42. The molecular weight excluding hydrogens is 391 g/mol. The molecular formula is C21H21FN4O4. The summed E-state index contributed by atoms with van der Waals surface area (Å²) in [6.07, 6.45) is 0.307. The van der Waals surface area contributed by atoms with E-state index < -0.39 is 11.8 Å². The molecule has 2 aromatic carbocycles. The standard InChI is InChI=1S/C21H21FN4O4/c1-2-29-17-9-5-15(6-10-17)21-23-20(30-26-21)12-11-18(27)24-25-19(28)13-14-3-7-16(22)8-4-14/h3-10H,2,11-13H2,1H3,(H,24,27)(H,25,28). The van der Waals surface area contributed by atoms with Crippen molar-refractivity contribution >= 4 is 11.8 Å². The van der Waals surface area contributed by atoms with E-state index in [1.54, 1.807) is 0 Å². The number of halogens is 1. The van der Waals surface area contributed by atoms with E-state index in [1.165, 1.54) is 24.3 Å². The van der Waals surface area contributed by atoms with Gasteiger partial charge in [0.2, 0.25) is 23.5 Å². The van der Waals surface area contributed by atoms with Crippen molar-refractivity contribution in [2.24, 2.45) is 0 Å². The van der Waals surface area contributed by atoms with Crippen LogP contribution in [0.1, 0.15) is 24.8 Å². The average Bonchev–Trinajstić information content (AvgIpc) is 3.22. The number of hydrazine groups is 1. The van der Waals surface area contributed by atoms with Gasteiger partial charge in [-0.3, -0.25) is 20.4 Å². The van der Waals surface area contributed by atoms with E-state index in [0.717, 1.165) is 11.3 Å². The number of nitrogens with zero attached hydrogens (tertiary/aromatic N) is 2. The van der Waals surface area contributed by atoms with Crippen LogP contribution in [0.5, 0.6) is 5.75 Å². The molecule has 1 heterocycles. The molecule has 2 N–H and O–H groups in total. The summed E-state index contributed by atoms with van der Waals surface area (Å²) in [6.45, 7) is 2.49. The van der Waals surface area contributed by atoms with Crippen molar-refractivity contribution < 1.29 is 23.2 Å². The monoisotopic (exact) mass is 412 g/mol. The molecule has 0 saturated heterocycles. The van der Waals surface area contributed by atoms with Crippen molar-refractivity contribution in [3.05, 3.63) is 65.8 Å². The second-order valence-corrected chi connectivity index (χ2v) is 6.37. The zero-order valence-corrected chi connectivity index (χ0v) is 16.4. The first-order valence-corrected chi connectivity index (χ1v) is 9.41. The normalized spacial score (nSPS) is 10.5. The Bertz CT molecular complexity index is 987. The molecule has 0 saturated carbocycles. The van der Waals surface area contributed by atoms with Gasteiger partial charge in [0.15, 0.2) is 0 Å². The van der Waals surface area contributed by atoms with Crippen LogP contribution in [0.3, 0.4) is 0 Å². The molecule has 3 rings (SSSR count). The quantitative estimate of drug-likeness (QED) is 0.551. The third kappa shape index (κ3) is 6.13. The molecule has 2 amide bonds. The van der Waals surface area contributed by atoms with Crippen LogP contribution in [0.15, 0.2) is 53.1 Å². The van der Waals surface area contributed by atoms with Gasteiger partial charge >= 0.3 is 0 Å². The first-order chi connectivity index (χ1) is 14.5. The predicted octanol–water partition coefficient (Wildman–Crippen LogP) is 2.60. The molecule has 156 valence electrons. The number of benzene rings is 2. The summed E-state index contributed by atoms with van der Waals surface area (Å²) in [4.78, 5) is 28.0. The van der Waals surface area contributed by atoms with E-state index in [-0.39, 0.29) is 25.1 Å². The van der Waals surface area contributed by atoms with Gasteiger partial charge in [-0.2, -0.15) is 4.98 Å². The Morgan fingerprint density at radius 3 is 2.43 bits per heavy atom. The highest BCUT2D eigenvalue weighted by atomic mass is 19.1. The zero-order valence-electron chi connectivity index (χ0n) is 16.4. The Balaban J connectivity index is 1.42. The number of amides is 2. The number of hydrogen-bond donors (Lipinski definition) is 2. The lowest BCUT2D eigenvalue weighted by molar-refractivity contribution is -0.128. The molecule has 0 fully saturated rings. The van der Waals surface area contributed by atoms with Crippen molar-refractivity contribution in [3.8, 4) is 17.1 Å². The minimum absolute atomic E-state index is 0.0235. The number of carbonyl (C=O) groups excluding carboxylic acids is 2. The van der Waals surface area contributed by atoms with E-state index in [2.05, 4.69) is 21.0 Å². The molecule has 1 aromatic heterocycles. The first-order valence-electron chi connectivity index (χ1n) is 9.41. The van der Waals surface area contributed by atoms with Gasteiger partial charge in [-0.05, 0) is 48.9 Å². The summed E-state index contributed by atoms with van der Waals surface area (Å²) in [5.74, 6) is 0.295. The molecule has 0 atom stereocenters. The lowest BCUT2D eigenvalue weighted by Gasteiger charge is -2.06. The first kappa shape index (κ1) is 21.0. The topological polar surface area (TPSA) is 106 Å². The maximum Gasteiger partial charge on any atom is 0.242 e. The van der Waals surface area contributed by atoms with Gasteiger partial charge in [0.25, 0.3) is 0 Å². The minimum atomic E-state index is -0.412. The summed E-state index contributed by atoms with van der Waals surface area (Å²) in [6, 6.07) is 12.8. The molecule has 0 aliphatic heterocycles. The van der Waals surface area contributed by atoms with E-state index in [0.29, 0.717) is 23.9 Å². The van der Waals surface area contributed by atoms with E-state index in [1.807, 2.05) is 31.2 Å². The van der Waals surface area contributed by atoms with Crippen LogP contribution in [0.2, 0.25) is 0 Å². The third-order valence-corrected chi connectivity index (χ3v) is 4.08. The highest BCUT2D eigenvalue weighted by Crippen LogP contribution is 2.20. The molecule has 9 heteroatoms. The van der Waals surface area contributed by atoms with Crippen molar-refractivity contribution in [2.75, 3.05) is 6.61 Å². The summed E-state index contributed by atoms with van der Waals surface area (Å²) in [5.41, 5.74) is 6.05. The fourth-order valence-electron chi connectivity index (χ4n) is 2.59. The number of aromatic nitrogens is 2. The minimum Gasteiger partial charge on any atom is -0.494 e. The van der Waals surface area contributed by atoms with E-state index in [4.69, 9.17) is 9.26 Å². The maximum absolute atomic E-state index is 12.9. The number of aryl methyl sites for hydroxylation is 1. The molecule has 0 bridgehead atoms. The van der Waals surface area contributed by atoms with E-state index in [9.17, 15) is 14.0 Å². The summed E-state index contributed by atoms with van der Waals surface area (Å²) >= 11 is 0. The Kier molecular flexibility index (Phi) is 7.09. The number of ether oxygens (including phenoxy) is 1. The van der Waals surface area contributed by atoms with Crippen LogP contribution in [-0.2, 0) is 22.4 Å². The number of carbonyl (C=O) groups is 2. The van der Waals surface area contributed by atoms with Crippen molar-refractivity contribution in [1.29, 1.82) is 0 Å². The van der Waals surface area contributed by atoms with Gasteiger partial charge in [0.05, 0.1) is 13.0 Å². The van der Waals surface area contributed by atoms with Crippen LogP contribution in [0, 0.1) is 5.82 Å². The molecule has 3 aromatic rings. The smallest absolute Gasteiger partial charge is 0.242 e. The van der Waals surface area contributed by atoms with Gasteiger partial charge in [-0.1, -0.05) is 17.3 Å². The Labute approximate surface area is 172 Å². The fourth-order valence-corrected chi connectivity index (χ4v) is 2.59. The second kappa shape index (κ2) is 10.1. The molecule has 0 aliphatic rings. The van der Waals surface area contributed by atoms with Crippen molar-refractivity contribution in [3.63, 3.8) is 0 Å². The fraction of sp³-hybridized carbons (Fsp3) is 0.238. The predicted molar refractivity (Wildman–Crippen MR) is 106 cm³/mol. The van der Waals surface area contributed by atoms with Crippen molar-refractivity contribution in [1.82, 2.24) is 21.0 Å². The van der Waals surface area contributed by atoms with Crippen LogP contribution in [0.4, 0.5) is 4.39 Å². The van der Waals surface area contributed by atoms with Crippen LogP contribution < -0.4 is 15.6 Å². The van der Waals surface area contributed by atoms with Crippen LogP contribution in [-0.4, -0.2) is 28.6 Å². The summed E-state index contributed by atoms with van der Waals surface area (Å²) < 4.78 is 23.4. The molecule has 8 nitrogen and oxygen atoms in total. The second-order valence-electron chi connectivity index (χ2n) is 6.37. The van der Waals surface area contributed by atoms with E-state index >= 15 is 0 Å². The molecule has 0 spiro atoms. The zero-order chi connectivity index (χ0) is 21.3. The molecule has 0 unspecified atom stereocenters. The number of nitrogens with one attached hydrogen (secondary N) is 2. The SMILES string of the molecule is CCOc1ccc(-c2noc(CCC(=O)NNC(=O)Cc3ccc(F)cc3)n2)cc1. The molecule has 0 aliphatic carbocycles. The van der Waals surface area contributed by atoms with Gasteiger partial charge in [0.1, 0.15) is 11.6 Å². The molecule has 30 heavy (non-hydrogen) atoms.